The number of halogens is 1. The third-order valence-electron chi connectivity index (χ3n) is 7.03. The van der Waals surface area contributed by atoms with Gasteiger partial charge in [-0.3, -0.25) is 0 Å². The van der Waals surface area contributed by atoms with E-state index in [2.05, 4.69) is 24.0 Å². The standard InChI is InChI=1S/C25H25ClN2O2S/c1-17-8-14-20(15-9-17)31(29,30)28-16-22(18-10-12-19(26)13-11-18)25(2)21-6-4-5-7-23(21)27(3)24(25)28/h4-15,22,24H,16H2,1-3H3/t22-,24-,25+/m0/s1. The number of fused-ring (bicyclic) bond motifs is 3. The van der Waals surface area contributed by atoms with Crippen LogP contribution in [-0.4, -0.2) is 32.5 Å². The number of hydrogen-bond donors (Lipinski definition) is 0. The normalized spacial score (nSPS) is 25.5. The molecule has 2 heterocycles. The van der Waals surface area contributed by atoms with Crippen LogP contribution in [0.15, 0.2) is 77.7 Å². The molecule has 0 unspecified atom stereocenters. The Labute approximate surface area is 189 Å². The van der Waals surface area contributed by atoms with E-state index in [0.717, 1.165) is 16.8 Å². The lowest BCUT2D eigenvalue weighted by molar-refractivity contribution is 0.324. The smallest absolute Gasteiger partial charge is 0.244 e. The zero-order chi connectivity index (χ0) is 22.0. The zero-order valence-electron chi connectivity index (χ0n) is 17.8. The molecule has 0 bridgehead atoms. The third kappa shape index (κ3) is 2.94. The molecule has 6 heteroatoms. The van der Waals surface area contributed by atoms with Crippen molar-refractivity contribution in [2.75, 3.05) is 18.5 Å². The number of benzene rings is 3. The molecule has 0 N–H and O–H groups in total. The summed E-state index contributed by atoms with van der Waals surface area (Å²) in [6.07, 6.45) is -0.308. The Morgan fingerprint density at radius 3 is 2.29 bits per heavy atom. The second-order valence-electron chi connectivity index (χ2n) is 8.78. The molecule has 1 saturated heterocycles. The molecule has 4 nitrogen and oxygen atoms in total. The van der Waals surface area contributed by atoms with E-state index >= 15 is 0 Å². The molecule has 0 saturated carbocycles. The molecule has 2 aliphatic heterocycles. The maximum absolute atomic E-state index is 13.8. The molecule has 160 valence electrons. The first-order chi connectivity index (χ1) is 14.7. The van der Waals surface area contributed by atoms with Crippen molar-refractivity contribution in [2.45, 2.75) is 36.2 Å². The third-order valence-corrected chi connectivity index (χ3v) is 9.11. The van der Waals surface area contributed by atoms with Crippen LogP contribution in [0.2, 0.25) is 5.02 Å². The van der Waals surface area contributed by atoms with Crippen molar-refractivity contribution >= 4 is 27.3 Å². The first kappa shape index (κ1) is 20.6. The molecule has 31 heavy (non-hydrogen) atoms. The molecular weight excluding hydrogens is 428 g/mol. The summed E-state index contributed by atoms with van der Waals surface area (Å²) in [5, 5.41) is 0.677. The van der Waals surface area contributed by atoms with Gasteiger partial charge in [0.05, 0.1) is 4.90 Å². The molecule has 0 aromatic heterocycles. The van der Waals surface area contributed by atoms with Gasteiger partial charge in [0, 0.05) is 35.6 Å². The van der Waals surface area contributed by atoms with Crippen LogP contribution >= 0.6 is 11.6 Å². The topological polar surface area (TPSA) is 40.6 Å². The van der Waals surface area contributed by atoms with Crippen LogP contribution in [0.4, 0.5) is 5.69 Å². The largest absolute Gasteiger partial charge is 0.357 e. The molecule has 5 rings (SSSR count). The van der Waals surface area contributed by atoms with Gasteiger partial charge >= 0.3 is 0 Å². The van der Waals surface area contributed by atoms with Crippen molar-refractivity contribution in [1.82, 2.24) is 4.31 Å². The Morgan fingerprint density at radius 1 is 0.968 bits per heavy atom. The highest BCUT2D eigenvalue weighted by Gasteiger charge is 2.61. The van der Waals surface area contributed by atoms with E-state index in [0.29, 0.717) is 16.5 Å². The van der Waals surface area contributed by atoms with Crippen molar-refractivity contribution in [3.63, 3.8) is 0 Å². The summed E-state index contributed by atoms with van der Waals surface area (Å²) < 4.78 is 29.4. The van der Waals surface area contributed by atoms with E-state index in [9.17, 15) is 8.42 Å². The second-order valence-corrected chi connectivity index (χ2v) is 11.1. The fraction of sp³-hybridized carbons (Fsp3) is 0.280. The minimum atomic E-state index is -3.68. The molecule has 3 atom stereocenters. The lowest BCUT2D eigenvalue weighted by Gasteiger charge is -2.35. The molecule has 2 aliphatic rings. The summed E-state index contributed by atoms with van der Waals surface area (Å²) in [4.78, 5) is 2.46. The lowest BCUT2D eigenvalue weighted by Crippen LogP contribution is -2.49. The van der Waals surface area contributed by atoms with Crippen LogP contribution in [0.5, 0.6) is 0 Å². The fourth-order valence-electron chi connectivity index (χ4n) is 5.46. The van der Waals surface area contributed by atoms with Crippen molar-refractivity contribution in [3.8, 4) is 0 Å². The number of anilines is 1. The summed E-state index contributed by atoms with van der Waals surface area (Å²) in [5.41, 5.74) is 4.01. The summed E-state index contributed by atoms with van der Waals surface area (Å²) >= 11 is 6.15. The van der Waals surface area contributed by atoms with Gasteiger partial charge in [0.25, 0.3) is 0 Å². The van der Waals surface area contributed by atoms with Crippen LogP contribution < -0.4 is 4.90 Å². The van der Waals surface area contributed by atoms with Crippen molar-refractivity contribution in [3.05, 3.63) is 94.5 Å². The monoisotopic (exact) mass is 452 g/mol. The minimum absolute atomic E-state index is 0.00101. The molecule has 0 amide bonds. The van der Waals surface area contributed by atoms with E-state index in [4.69, 9.17) is 11.6 Å². The average Bonchev–Trinajstić information content (AvgIpc) is 3.19. The number of nitrogens with zero attached hydrogens (tertiary/aromatic N) is 2. The van der Waals surface area contributed by atoms with Gasteiger partial charge in [-0.1, -0.05) is 66.6 Å². The molecular formula is C25H25ClN2O2S. The van der Waals surface area contributed by atoms with Crippen molar-refractivity contribution in [1.29, 1.82) is 0 Å². The Balaban J connectivity index is 1.69. The van der Waals surface area contributed by atoms with Crippen LogP contribution in [0.1, 0.15) is 29.5 Å². The second kappa shape index (κ2) is 7.09. The summed E-state index contributed by atoms with van der Waals surface area (Å²) in [6.45, 7) is 4.57. The first-order valence-corrected chi connectivity index (χ1v) is 12.2. The first-order valence-electron chi connectivity index (χ1n) is 10.4. The molecule has 3 aromatic carbocycles. The van der Waals surface area contributed by atoms with E-state index < -0.39 is 15.4 Å². The SMILES string of the molecule is Cc1ccc(S(=O)(=O)N2C[C@@H](c3ccc(Cl)cc3)[C@@]3(C)c4ccccc4N(C)[C@@H]23)cc1. The number of rotatable bonds is 3. The fourth-order valence-corrected chi connectivity index (χ4v) is 7.31. The molecule has 3 aromatic rings. The summed E-state index contributed by atoms with van der Waals surface area (Å²) in [6, 6.07) is 23.2. The molecule has 0 spiro atoms. The number of sulfonamides is 1. The van der Waals surface area contributed by atoms with Gasteiger partial charge < -0.3 is 4.90 Å². The van der Waals surface area contributed by atoms with Gasteiger partial charge in [-0.05, 0) is 48.4 Å². The van der Waals surface area contributed by atoms with Gasteiger partial charge in [0.15, 0.2) is 0 Å². The van der Waals surface area contributed by atoms with Crippen molar-refractivity contribution < 1.29 is 8.42 Å². The predicted octanol–water partition coefficient (Wildman–Crippen LogP) is 5.17. The molecule has 1 fully saturated rings. The van der Waals surface area contributed by atoms with E-state index in [1.807, 2.05) is 62.5 Å². The van der Waals surface area contributed by atoms with E-state index in [-0.39, 0.29) is 12.1 Å². The van der Waals surface area contributed by atoms with Gasteiger partial charge in [0.2, 0.25) is 10.0 Å². The maximum Gasteiger partial charge on any atom is 0.244 e. The highest BCUT2D eigenvalue weighted by Crippen LogP contribution is 2.58. The summed E-state index contributed by atoms with van der Waals surface area (Å²) in [7, 11) is -1.69. The number of aryl methyl sites for hydroxylation is 1. The Kier molecular flexibility index (Phi) is 4.70. The number of para-hydroxylation sites is 1. The van der Waals surface area contributed by atoms with E-state index in [1.165, 1.54) is 5.56 Å². The van der Waals surface area contributed by atoms with Gasteiger partial charge in [0.1, 0.15) is 6.17 Å². The minimum Gasteiger partial charge on any atom is -0.357 e. The predicted molar refractivity (Wildman–Crippen MR) is 125 cm³/mol. The van der Waals surface area contributed by atoms with Gasteiger partial charge in [-0.15, -0.1) is 0 Å². The Bertz CT molecular complexity index is 1240. The Morgan fingerprint density at radius 2 is 1.61 bits per heavy atom. The van der Waals surface area contributed by atoms with Gasteiger partial charge in [-0.25, -0.2) is 8.42 Å². The van der Waals surface area contributed by atoms with E-state index in [1.54, 1.807) is 16.4 Å². The van der Waals surface area contributed by atoms with Gasteiger partial charge in [-0.2, -0.15) is 4.31 Å². The van der Waals surface area contributed by atoms with Crippen LogP contribution in [0.3, 0.4) is 0 Å². The molecule has 0 radical (unpaired) electrons. The highest BCUT2D eigenvalue weighted by molar-refractivity contribution is 7.89. The number of hydrogen-bond acceptors (Lipinski definition) is 3. The van der Waals surface area contributed by atoms with Crippen molar-refractivity contribution in [2.24, 2.45) is 0 Å². The lowest BCUT2D eigenvalue weighted by atomic mass is 9.71. The molecule has 0 aliphatic carbocycles. The highest BCUT2D eigenvalue weighted by atomic mass is 35.5. The zero-order valence-corrected chi connectivity index (χ0v) is 19.4. The van der Waals surface area contributed by atoms with Crippen LogP contribution in [0.25, 0.3) is 0 Å². The quantitative estimate of drug-likeness (QED) is 0.550. The summed E-state index contributed by atoms with van der Waals surface area (Å²) in [5.74, 6) is 0.00101. The van der Waals surface area contributed by atoms with Crippen LogP contribution in [-0.2, 0) is 15.4 Å². The average molecular weight is 453 g/mol. The van der Waals surface area contributed by atoms with Crippen LogP contribution in [0, 0.1) is 6.92 Å². The maximum atomic E-state index is 13.8. The Hall–Kier alpha value is -2.34. The number of likely N-dealkylation sites (N-methyl/N-ethyl adjacent to an activating group) is 1.